The summed E-state index contributed by atoms with van der Waals surface area (Å²) in [6.45, 7) is 6.42. The van der Waals surface area contributed by atoms with Gasteiger partial charge in [0.2, 0.25) is 0 Å². The SMILES string of the molecule is Cc1ccc([C@H]2C[C@H](C)N(CC3(CS(C)(=O)=O)CC3)C2)cc1. The zero-order valence-electron chi connectivity index (χ0n) is 13.9. The van der Waals surface area contributed by atoms with E-state index in [1.807, 2.05) is 0 Å². The molecule has 0 N–H and O–H groups in total. The Bertz CT molecular complexity index is 632. The first kappa shape index (κ1) is 16.0. The molecule has 1 heterocycles. The highest BCUT2D eigenvalue weighted by molar-refractivity contribution is 7.90. The van der Waals surface area contributed by atoms with Gasteiger partial charge in [0.05, 0.1) is 5.75 Å². The van der Waals surface area contributed by atoms with Gasteiger partial charge in [-0.3, -0.25) is 4.90 Å². The van der Waals surface area contributed by atoms with Gasteiger partial charge in [0.15, 0.2) is 0 Å². The molecule has 3 rings (SSSR count). The third-order valence-electron chi connectivity index (χ3n) is 5.32. The summed E-state index contributed by atoms with van der Waals surface area (Å²) in [5.41, 5.74) is 2.77. The Morgan fingerprint density at radius 2 is 1.86 bits per heavy atom. The van der Waals surface area contributed by atoms with Crippen molar-refractivity contribution in [2.45, 2.75) is 45.1 Å². The molecule has 2 fully saturated rings. The van der Waals surface area contributed by atoms with Crippen molar-refractivity contribution < 1.29 is 8.42 Å². The van der Waals surface area contributed by atoms with E-state index in [0.717, 1.165) is 25.9 Å². The fourth-order valence-corrected chi connectivity index (χ4v) is 5.40. The van der Waals surface area contributed by atoms with E-state index in [9.17, 15) is 8.42 Å². The zero-order valence-corrected chi connectivity index (χ0v) is 14.7. The number of benzene rings is 1. The lowest BCUT2D eigenvalue weighted by Gasteiger charge is -2.26. The second-order valence-corrected chi connectivity index (χ2v) is 9.83. The maximum atomic E-state index is 11.6. The van der Waals surface area contributed by atoms with Crippen molar-refractivity contribution in [3.05, 3.63) is 35.4 Å². The average molecular weight is 321 g/mol. The molecule has 1 aromatic rings. The minimum atomic E-state index is -2.88. The summed E-state index contributed by atoms with van der Waals surface area (Å²) in [5, 5.41) is 0. The Morgan fingerprint density at radius 3 is 2.41 bits per heavy atom. The summed E-state index contributed by atoms with van der Waals surface area (Å²) in [4.78, 5) is 2.52. The van der Waals surface area contributed by atoms with Gasteiger partial charge in [-0.15, -0.1) is 0 Å². The van der Waals surface area contributed by atoms with Crippen LogP contribution in [0.3, 0.4) is 0 Å². The molecule has 0 spiro atoms. The molecule has 0 unspecified atom stereocenters. The van der Waals surface area contributed by atoms with Crippen molar-refractivity contribution in [2.24, 2.45) is 5.41 Å². The van der Waals surface area contributed by atoms with Gasteiger partial charge in [0.1, 0.15) is 9.84 Å². The Morgan fingerprint density at radius 1 is 1.23 bits per heavy atom. The summed E-state index contributed by atoms with van der Waals surface area (Å²) in [7, 11) is -2.88. The predicted octanol–water partition coefficient (Wildman–Crippen LogP) is 3.00. The number of rotatable bonds is 5. The first-order chi connectivity index (χ1) is 10.3. The number of sulfone groups is 1. The summed E-state index contributed by atoms with van der Waals surface area (Å²) in [6, 6.07) is 9.42. The third-order valence-corrected chi connectivity index (χ3v) is 6.45. The molecule has 1 aliphatic heterocycles. The van der Waals surface area contributed by atoms with Crippen LogP contribution in [-0.2, 0) is 9.84 Å². The second kappa shape index (κ2) is 5.64. The highest BCUT2D eigenvalue weighted by atomic mass is 32.2. The quantitative estimate of drug-likeness (QED) is 0.836. The minimum absolute atomic E-state index is 0.0456. The van der Waals surface area contributed by atoms with Crippen molar-refractivity contribution in [3.8, 4) is 0 Å². The molecule has 1 aliphatic carbocycles. The van der Waals surface area contributed by atoms with Gasteiger partial charge in [0.25, 0.3) is 0 Å². The normalized spacial score (nSPS) is 28.0. The molecular weight excluding hydrogens is 294 g/mol. The monoisotopic (exact) mass is 321 g/mol. The van der Waals surface area contributed by atoms with Gasteiger partial charge >= 0.3 is 0 Å². The van der Waals surface area contributed by atoms with E-state index >= 15 is 0 Å². The standard InChI is InChI=1S/C18H27NO2S/c1-14-4-6-16(7-5-14)17-10-15(2)19(11-17)12-18(8-9-18)13-22(3,20)21/h4-7,15,17H,8-13H2,1-3H3/t15-,17-/m0/s1. The van der Waals surface area contributed by atoms with Crippen LogP contribution in [0.25, 0.3) is 0 Å². The Hall–Kier alpha value is -0.870. The van der Waals surface area contributed by atoms with E-state index in [1.54, 1.807) is 0 Å². The van der Waals surface area contributed by atoms with E-state index in [0.29, 0.717) is 17.7 Å². The number of hydrogen-bond acceptors (Lipinski definition) is 3. The number of nitrogens with zero attached hydrogens (tertiary/aromatic N) is 1. The predicted molar refractivity (Wildman–Crippen MR) is 90.9 cm³/mol. The fourth-order valence-electron chi connectivity index (χ4n) is 3.91. The van der Waals surface area contributed by atoms with Crippen LogP contribution in [0, 0.1) is 12.3 Å². The van der Waals surface area contributed by atoms with Crippen molar-refractivity contribution in [1.82, 2.24) is 4.90 Å². The number of hydrogen-bond donors (Lipinski definition) is 0. The minimum Gasteiger partial charge on any atom is -0.299 e. The summed E-state index contributed by atoms with van der Waals surface area (Å²) in [6.07, 6.45) is 4.69. The summed E-state index contributed by atoms with van der Waals surface area (Å²) in [5.74, 6) is 0.947. The van der Waals surface area contributed by atoms with Crippen LogP contribution in [0.5, 0.6) is 0 Å². The molecule has 2 aliphatic rings. The van der Waals surface area contributed by atoms with E-state index < -0.39 is 9.84 Å². The molecule has 0 aromatic heterocycles. The van der Waals surface area contributed by atoms with Crippen molar-refractivity contribution >= 4 is 9.84 Å². The summed E-state index contributed by atoms with van der Waals surface area (Å²) < 4.78 is 23.3. The van der Waals surface area contributed by atoms with Gasteiger partial charge in [-0.05, 0) is 50.0 Å². The van der Waals surface area contributed by atoms with Gasteiger partial charge in [-0.1, -0.05) is 29.8 Å². The molecule has 0 radical (unpaired) electrons. The van der Waals surface area contributed by atoms with Gasteiger partial charge in [-0.2, -0.15) is 0 Å². The molecule has 1 saturated heterocycles. The van der Waals surface area contributed by atoms with Gasteiger partial charge in [-0.25, -0.2) is 8.42 Å². The zero-order chi connectivity index (χ0) is 16.0. The fraction of sp³-hybridized carbons (Fsp3) is 0.667. The van der Waals surface area contributed by atoms with E-state index in [4.69, 9.17) is 0 Å². The van der Waals surface area contributed by atoms with Crippen LogP contribution in [0.15, 0.2) is 24.3 Å². The van der Waals surface area contributed by atoms with Crippen LogP contribution >= 0.6 is 0 Å². The van der Waals surface area contributed by atoms with Crippen molar-refractivity contribution in [3.63, 3.8) is 0 Å². The first-order valence-corrected chi connectivity index (χ1v) is 10.3. The molecule has 4 heteroatoms. The van der Waals surface area contributed by atoms with E-state index in [1.165, 1.54) is 23.8 Å². The Balaban J connectivity index is 1.65. The van der Waals surface area contributed by atoms with Crippen LogP contribution in [0.4, 0.5) is 0 Å². The maximum Gasteiger partial charge on any atom is 0.148 e. The molecule has 0 amide bonds. The first-order valence-electron chi connectivity index (χ1n) is 8.25. The van der Waals surface area contributed by atoms with E-state index in [2.05, 4.69) is 43.0 Å². The second-order valence-electron chi connectivity index (χ2n) is 7.69. The average Bonchev–Trinajstić information content (AvgIpc) is 3.04. The lowest BCUT2D eigenvalue weighted by Crippen LogP contribution is -2.36. The number of likely N-dealkylation sites (tertiary alicyclic amines) is 1. The Kier molecular flexibility index (Phi) is 4.11. The van der Waals surface area contributed by atoms with E-state index in [-0.39, 0.29) is 5.41 Å². The van der Waals surface area contributed by atoms with Gasteiger partial charge < -0.3 is 0 Å². The molecule has 1 saturated carbocycles. The van der Waals surface area contributed by atoms with Crippen LogP contribution < -0.4 is 0 Å². The lowest BCUT2D eigenvalue weighted by molar-refractivity contribution is 0.222. The molecule has 3 nitrogen and oxygen atoms in total. The lowest BCUT2D eigenvalue weighted by atomic mass is 9.96. The highest BCUT2D eigenvalue weighted by Gasteiger charge is 2.48. The molecule has 2 atom stereocenters. The highest BCUT2D eigenvalue weighted by Crippen LogP contribution is 2.49. The van der Waals surface area contributed by atoms with Gasteiger partial charge in [0, 0.05) is 25.4 Å². The molecule has 22 heavy (non-hydrogen) atoms. The summed E-state index contributed by atoms with van der Waals surface area (Å²) >= 11 is 0. The third kappa shape index (κ3) is 3.72. The molecule has 122 valence electrons. The van der Waals surface area contributed by atoms with Crippen LogP contribution in [-0.4, -0.2) is 44.5 Å². The maximum absolute atomic E-state index is 11.6. The van der Waals surface area contributed by atoms with Crippen molar-refractivity contribution in [1.29, 1.82) is 0 Å². The molecule has 0 bridgehead atoms. The smallest absolute Gasteiger partial charge is 0.148 e. The van der Waals surface area contributed by atoms with Crippen LogP contribution in [0.1, 0.15) is 43.2 Å². The van der Waals surface area contributed by atoms with Crippen molar-refractivity contribution in [2.75, 3.05) is 25.1 Å². The largest absolute Gasteiger partial charge is 0.299 e. The molecule has 1 aromatic carbocycles. The number of aryl methyl sites for hydroxylation is 1. The topological polar surface area (TPSA) is 37.4 Å². The Labute approximate surface area is 134 Å². The van der Waals surface area contributed by atoms with Crippen LogP contribution in [0.2, 0.25) is 0 Å². The molecular formula is C18H27NO2S.